The summed E-state index contributed by atoms with van der Waals surface area (Å²) in [5.41, 5.74) is 0.982. The Morgan fingerprint density at radius 2 is 2.29 bits per heavy atom. The number of nitrogens with zero attached hydrogens (tertiary/aromatic N) is 2. The van der Waals surface area contributed by atoms with Gasteiger partial charge in [-0.15, -0.1) is 11.3 Å². The number of piperidine rings is 1. The first-order valence-electron chi connectivity index (χ1n) is 7.44. The number of nitrogens with one attached hydrogen (secondary N) is 1. The number of likely N-dealkylation sites (tertiary alicyclic amines) is 1. The minimum absolute atomic E-state index is 0.0845. The van der Waals surface area contributed by atoms with Gasteiger partial charge in [0.25, 0.3) is 0 Å². The molecular formula is C16H21N3OS. The lowest BCUT2D eigenvalue weighted by atomic mass is 9.94. The van der Waals surface area contributed by atoms with Gasteiger partial charge in [-0.1, -0.05) is 19.1 Å². The summed E-state index contributed by atoms with van der Waals surface area (Å²) in [5.74, 6) is 0.627. The molecule has 1 aliphatic rings. The summed E-state index contributed by atoms with van der Waals surface area (Å²) < 4.78 is 1.14. The van der Waals surface area contributed by atoms with Gasteiger partial charge >= 0.3 is 0 Å². The summed E-state index contributed by atoms with van der Waals surface area (Å²) in [5, 5.41) is 4.07. The second kappa shape index (κ2) is 6.12. The molecule has 1 saturated heterocycles. The number of hydrogen-bond donors (Lipinski definition) is 1. The van der Waals surface area contributed by atoms with Crippen LogP contribution in [0.2, 0.25) is 0 Å². The molecule has 0 radical (unpaired) electrons. The lowest BCUT2D eigenvalue weighted by molar-refractivity contribution is -0.121. The van der Waals surface area contributed by atoms with Crippen molar-refractivity contribution in [3.8, 4) is 0 Å². The van der Waals surface area contributed by atoms with Crippen LogP contribution in [-0.4, -0.2) is 42.0 Å². The predicted octanol–water partition coefficient (Wildman–Crippen LogP) is 2.30. The number of carbonyl (C=O) groups is 1. The van der Waals surface area contributed by atoms with E-state index in [2.05, 4.69) is 29.2 Å². The van der Waals surface area contributed by atoms with E-state index in [-0.39, 0.29) is 11.9 Å². The van der Waals surface area contributed by atoms with Crippen LogP contribution in [0, 0.1) is 5.92 Å². The van der Waals surface area contributed by atoms with Crippen LogP contribution >= 0.6 is 11.3 Å². The van der Waals surface area contributed by atoms with Crippen LogP contribution < -0.4 is 5.32 Å². The van der Waals surface area contributed by atoms with Crippen LogP contribution in [-0.2, 0) is 11.2 Å². The molecule has 4 nitrogen and oxygen atoms in total. The fourth-order valence-electron chi connectivity index (χ4n) is 2.81. The minimum atomic E-state index is 0.0845. The van der Waals surface area contributed by atoms with Crippen molar-refractivity contribution in [3.05, 3.63) is 29.3 Å². The smallest absolute Gasteiger partial charge is 0.227 e. The van der Waals surface area contributed by atoms with Gasteiger partial charge in [0.1, 0.15) is 5.01 Å². The number of likely N-dealkylation sites (N-methyl/N-ethyl adjacent to an activating group) is 1. The van der Waals surface area contributed by atoms with E-state index in [1.165, 1.54) is 0 Å². The van der Waals surface area contributed by atoms with Crippen molar-refractivity contribution in [3.63, 3.8) is 0 Å². The Hall–Kier alpha value is -1.46. The molecule has 1 fully saturated rings. The molecule has 1 aromatic carbocycles. The monoisotopic (exact) mass is 303 g/mol. The molecule has 0 aliphatic carbocycles. The quantitative estimate of drug-likeness (QED) is 0.946. The third kappa shape index (κ3) is 3.41. The lowest BCUT2D eigenvalue weighted by Crippen LogP contribution is -2.51. The first-order chi connectivity index (χ1) is 10.1. The lowest BCUT2D eigenvalue weighted by Gasteiger charge is -2.35. The van der Waals surface area contributed by atoms with Gasteiger partial charge < -0.3 is 10.2 Å². The maximum absolute atomic E-state index is 12.2. The number of benzene rings is 1. The number of hydrogen-bond acceptors (Lipinski definition) is 4. The van der Waals surface area contributed by atoms with E-state index in [9.17, 15) is 4.79 Å². The summed E-state index contributed by atoms with van der Waals surface area (Å²) in [6, 6.07) is 8.28. The summed E-state index contributed by atoms with van der Waals surface area (Å²) in [6.45, 7) is 4.27. The van der Waals surface area contributed by atoms with E-state index in [1.807, 2.05) is 24.3 Å². The van der Waals surface area contributed by atoms with E-state index >= 15 is 0 Å². The first kappa shape index (κ1) is 14.5. The zero-order chi connectivity index (χ0) is 14.8. The number of carbonyl (C=O) groups excluding carboxylic acids is 1. The fraction of sp³-hybridized carbons (Fsp3) is 0.500. The van der Waals surface area contributed by atoms with Gasteiger partial charge in [0.15, 0.2) is 0 Å². The molecule has 0 spiro atoms. The molecular weight excluding hydrogens is 282 g/mol. The molecule has 0 saturated carbocycles. The summed E-state index contributed by atoms with van der Waals surface area (Å²) in [6.07, 6.45) is 1.52. The van der Waals surface area contributed by atoms with Crippen LogP contribution in [0.4, 0.5) is 0 Å². The van der Waals surface area contributed by atoms with Gasteiger partial charge in [0.05, 0.1) is 16.6 Å². The van der Waals surface area contributed by atoms with Gasteiger partial charge in [-0.25, -0.2) is 4.98 Å². The molecule has 1 amide bonds. The van der Waals surface area contributed by atoms with Crippen LogP contribution in [0.5, 0.6) is 0 Å². The average molecular weight is 303 g/mol. The van der Waals surface area contributed by atoms with Gasteiger partial charge in [0, 0.05) is 12.6 Å². The third-order valence-corrected chi connectivity index (χ3v) is 5.19. The summed E-state index contributed by atoms with van der Waals surface area (Å²) in [4.78, 5) is 19.1. The van der Waals surface area contributed by atoms with Crippen molar-refractivity contribution in [1.82, 2.24) is 15.2 Å². The van der Waals surface area contributed by atoms with Gasteiger partial charge in [-0.05, 0) is 38.1 Å². The van der Waals surface area contributed by atoms with Crippen LogP contribution in [0.25, 0.3) is 10.2 Å². The zero-order valence-electron chi connectivity index (χ0n) is 12.5. The molecule has 1 N–H and O–H groups in total. The molecule has 2 heterocycles. The highest BCUT2D eigenvalue weighted by molar-refractivity contribution is 7.18. The second-order valence-electron chi connectivity index (χ2n) is 5.95. The Morgan fingerprint density at radius 1 is 1.48 bits per heavy atom. The topological polar surface area (TPSA) is 45.2 Å². The van der Waals surface area contributed by atoms with E-state index in [1.54, 1.807) is 11.3 Å². The maximum Gasteiger partial charge on any atom is 0.227 e. The van der Waals surface area contributed by atoms with Crippen LogP contribution in [0.3, 0.4) is 0 Å². The Balaban J connectivity index is 1.63. The molecule has 1 aromatic heterocycles. The third-order valence-electron chi connectivity index (χ3n) is 4.16. The highest BCUT2D eigenvalue weighted by Gasteiger charge is 2.25. The van der Waals surface area contributed by atoms with Gasteiger partial charge in [-0.2, -0.15) is 0 Å². The Morgan fingerprint density at radius 3 is 3.10 bits per heavy atom. The molecule has 5 heteroatoms. The Labute approximate surface area is 129 Å². The van der Waals surface area contributed by atoms with Crippen LogP contribution in [0.1, 0.15) is 18.4 Å². The van der Waals surface area contributed by atoms with Crippen molar-refractivity contribution in [1.29, 1.82) is 0 Å². The largest absolute Gasteiger partial charge is 0.351 e. The maximum atomic E-state index is 12.2. The molecule has 3 rings (SSSR count). The van der Waals surface area contributed by atoms with E-state index in [0.717, 1.165) is 34.7 Å². The fourth-order valence-corrected chi connectivity index (χ4v) is 3.78. The SMILES string of the molecule is CC1CCN(C)CC1NC(=O)Cc1nc2ccccc2s1. The van der Waals surface area contributed by atoms with E-state index in [4.69, 9.17) is 0 Å². The normalized spacial score (nSPS) is 23.3. The van der Waals surface area contributed by atoms with Crippen molar-refractivity contribution in [2.24, 2.45) is 5.92 Å². The summed E-state index contributed by atoms with van der Waals surface area (Å²) >= 11 is 1.61. The standard InChI is InChI=1S/C16H21N3OS/c1-11-7-8-19(2)10-13(11)17-15(20)9-16-18-12-5-3-4-6-14(12)21-16/h3-6,11,13H,7-10H2,1-2H3,(H,17,20). The molecule has 2 atom stereocenters. The highest BCUT2D eigenvalue weighted by atomic mass is 32.1. The zero-order valence-corrected chi connectivity index (χ0v) is 13.3. The molecule has 21 heavy (non-hydrogen) atoms. The first-order valence-corrected chi connectivity index (χ1v) is 8.26. The highest BCUT2D eigenvalue weighted by Crippen LogP contribution is 2.22. The molecule has 2 unspecified atom stereocenters. The van der Waals surface area contributed by atoms with Crippen molar-refractivity contribution < 1.29 is 4.79 Å². The molecule has 0 bridgehead atoms. The number of aromatic nitrogens is 1. The Bertz CT molecular complexity index is 606. The minimum Gasteiger partial charge on any atom is -0.351 e. The van der Waals surface area contributed by atoms with E-state index < -0.39 is 0 Å². The predicted molar refractivity (Wildman–Crippen MR) is 86.5 cm³/mol. The number of rotatable bonds is 3. The second-order valence-corrected chi connectivity index (χ2v) is 7.07. The number of amides is 1. The Kier molecular flexibility index (Phi) is 4.22. The van der Waals surface area contributed by atoms with Crippen LogP contribution in [0.15, 0.2) is 24.3 Å². The number of fused-ring (bicyclic) bond motifs is 1. The number of thiazole rings is 1. The van der Waals surface area contributed by atoms with Gasteiger partial charge in [0.2, 0.25) is 5.91 Å². The molecule has 2 aromatic rings. The van der Waals surface area contributed by atoms with Crippen molar-refractivity contribution in [2.75, 3.05) is 20.1 Å². The average Bonchev–Trinajstić information content (AvgIpc) is 2.84. The van der Waals surface area contributed by atoms with Crippen molar-refractivity contribution in [2.45, 2.75) is 25.8 Å². The van der Waals surface area contributed by atoms with Gasteiger partial charge in [-0.3, -0.25) is 4.79 Å². The van der Waals surface area contributed by atoms with E-state index in [0.29, 0.717) is 12.3 Å². The summed E-state index contributed by atoms with van der Waals surface area (Å²) in [7, 11) is 2.11. The molecule has 1 aliphatic heterocycles. The van der Waals surface area contributed by atoms with Crippen molar-refractivity contribution >= 4 is 27.5 Å². The number of para-hydroxylation sites is 1. The molecule has 112 valence electrons.